The topological polar surface area (TPSA) is 58.2 Å². The molecule has 7 heteroatoms. The summed E-state index contributed by atoms with van der Waals surface area (Å²) in [5.41, 5.74) is 2.07. The number of amides is 2. The fourth-order valence-corrected chi connectivity index (χ4v) is 2.82. The molecule has 1 unspecified atom stereocenters. The van der Waals surface area contributed by atoms with Gasteiger partial charge in [-0.3, -0.25) is 4.79 Å². The number of halogens is 2. The minimum Gasteiger partial charge on any atom is -0.308 e. The summed E-state index contributed by atoms with van der Waals surface area (Å²) in [7, 11) is 0. The Morgan fingerprint density at radius 3 is 2.12 bits per heavy atom. The largest absolute Gasteiger partial charge is 0.323 e. The molecule has 126 valence electrons. The minimum atomic E-state index is -0.394. The summed E-state index contributed by atoms with van der Waals surface area (Å²) in [5.74, 6) is -0.181. The summed E-state index contributed by atoms with van der Waals surface area (Å²) in [6.45, 7) is 1.86. The maximum absolute atomic E-state index is 12.0. The Morgan fingerprint density at radius 2 is 1.54 bits per heavy atom. The Hall–Kier alpha value is -1.69. The van der Waals surface area contributed by atoms with Crippen molar-refractivity contribution in [2.45, 2.75) is 12.8 Å². The second-order valence-electron chi connectivity index (χ2n) is 5.07. The van der Waals surface area contributed by atoms with Gasteiger partial charge >= 0.3 is 6.03 Å². The van der Waals surface area contributed by atoms with Gasteiger partial charge in [-0.1, -0.05) is 54.0 Å². The third kappa shape index (κ3) is 4.90. The van der Waals surface area contributed by atoms with Crippen LogP contribution in [0.1, 0.15) is 18.4 Å². The average molecular weight is 383 g/mol. The van der Waals surface area contributed by atoms with Gasteiger partial charge in [0.2, 0.25) is 0 Å². The Kier molecular flexibility index (Phi) is 6.54. The maximum atomic E-state index is 12.0. The van der Waals surface area contributed by atoms with Crippen molar-refractivity contribution < 1.29 is 9.59 Å². The first-order valence-electron chi connectivity index (χ1n) is 7.11. The summed E-state index contributed by atoms with van der Waals surface area (Å²) < 4.78 is 0. The molecule has 0 radical (unpaired) electrons. The molecular formula is C17H16Cl2N2O2S. The van der Waals surface area contributed by atoms with Gasteiger partial charge in [0.25, 0.3) is 0 Å². The van der Waals surface area contributed by atoms with Crippen LogP contribution in [0.4, 0.5) is 16.2 Å². The van der Waals surface area contributed by atoms with E-state index in [1.54, 1.807) is 36.6 Å². The normalized spacial score (nSPS) is 11.7. The van der Waals surface area contributed by atoms with Crippen LogP contribution in [-0.2, 0) is 4.79 Å². The zero-order valence-corrected chi connectivity index (χ0v) is 15.4. The van der Waals surface area contributed by atoms with Crippen molar-refractivity contribution in [3.05, 3.63) is 58.1 Å². The molecule has 1 atom stereocenters. The molecule has 0 bridgehead atoms. The molecule has 0 aliphatic heterocycles. The molecule has 0 aromatic heterocycles. The first-order valence-corrected chi connectivity index (χ1v) is 9.09. The number of carbonyl (C=O) groups excluding carboxylic acids is 2. The fourth-order valence-electron chi connectivity index (χ4n) is 2.04. The van der Waals surface area contributed by atoms with Crippen LogP contribution in [0, 0.1) is 0 Å². The maximum Gasteiger partial charge on any atom is 0.323 e. The van der Waals surface area contributed by atoms with Crippen LogP contribution < -0.4 is 10.6 Å². The van der Waals surface area contributed by atoms with Gasteiger partial charge in [0.15, 0.2) is 5.12 Å². The van der Waals surface area contributed by atoms with E-state index in [-0.39, 0.29) is 11.0 Å². The van der Waals surface area contributed by atoms with E-state index in [2.05, 4.69) is 10.6 Å². The van der Waals surface area contributed by atoms with Crippen LogP contribution in [0.15, 0.2) is 42.5 Å². The van der Waals surface area contributed by atoms with Gasteiger partial charge in [0, 0.05) is 11.4 Å². The van der Waals surface area contributed by atoms with Gasteiger partial charge in [-0.25, -0.2) is 4.79 Å². The predicted molar refractivity (Wildman–Crippen MR) is 102 cm³/mol. The number of carbonyl (C=O) groups is 2. The Bertz CT molecular complexity index is 751. The molecule has 4 nitrogen and oxygen atoms in total. The van der Waals surface area contributed by atoms with Crippen molar-refractivity contribution >= 4 is 57.5 Å². The molecule has 0 spiro atoms. The molecule has 0 aliphatic rings. The van der Waals surface area contributed by atoms with Gasteiger partial charge in [-0.15, -0.1) is 0 Å². The number of thioether (sulfide) groups is 1. The Morgan fingerprint density at radius 1 is 0.958 bits per heavy atom. The van der Waals surface area contributed by atoms with Gasteiger partial charge in [0.1, 0.15) is 0 Å². The van der Waals surface area contributed by atoms with Crippen molar-refractivity contribution in [3.8, 4) is 0 Å². The number of rotatable bonds is 4. The lowest BCUT2D eigenvalue weighted by Crippen LogP contribution is -2.19. The zero-order chi connectivity index (χ0) is 17.7. The molecule has 0 aliphatic carbocycles. The van der Waals surface area contributed by atoms with Gasteiger partial charge in [-0.05, 0) is 42.2 Å². The van der Waals surface area contributed by atoms with E-state index < -0.39 is 6.03 Å². The van der Waals surface area contributed by atoms with E-state index in [9.17, 15) is 9.59 Å². The summed E-state index contributed by atoms with van der Waals surface area (Å²) in [4.78, 5) is 23.7. The highest BCUT2D eigenvalue weighted by atomic mass is 35.5. The number of nitrogens with one attached hydrogen (secondary N) is 2. The van der Waals surface area contributed by atoms with Crippen LogP contribution in [0.5, 0.6) is 0 Å². The smallest absolute Gasteiger partial charge is 0.308 e. The molecule has 2 rings (SSSR count). The summed E-state index contributed by atoms with van der Waals surface area (Å²) in [5, 5.41) is 6.29. The quantitative estimate of drug-likeness (QED) is 0.719. The lowest BCUT2D eigenvalue weighted by molar-refractivity contribution is -0.111. The predicted octanol–water partition coefficient (Wildman–Crippen LogP) is 5.63. The molecule has 2 amide bonds. The number of anilines is 2. The Balaban J connectivity index is 1.99. The van der Waals surface area contributed by atoms with Crippen molar-refractivity contribution in [2.75, 3.05) is 16.9 Å². The van der Waals surface area contributed by atoms with Crippen molar-refractivity contribution in [3.63, 3.8) is 0 Å². The SMILES string of the molecule is CSC(=O)C(C)c1ccc(NC(=O)Nc2ccc(Cl)c(Cl)c2)cc1. The number of hydrogen-bond donors (Lipinski definition) is 2. The number of hydrogen-bond acceptors (Lipinski definition) is 3. The minimum absolute atomic E-state index is 0.105. The second-order valence-corrected chi connectivity index (χ2v) is 6.70. The molecule has 0 heterocycles. The third-order valence-corrected chi connectivity index (χ3v) is 4.90. The number of urea groups is 1. The molecule has 0 fully saturated rings. The second kappa shape index (κ2) is 8.42. The lowest BCUT2D eigenvalue weighted by atomic mass is 10.0. The summed E-state index contributed by atoms with van der Waals surface area (Å²) >= 11 is 13.0. The van der Waals surface area contributed by atoms with E-state index in [0.29, 0.717) is 21.4 Å². The first kappa shape index (κ1) is 18.6. The highest BCUT2D eigenvalue weighted by Crippen LogP contribution is 2.25. The standard InChI is InChI=1S/C17H16Cl2N2O2S/c1-10(16(22)24-2)11-3-5-12(6-4-11)20-17(23)21-13-7-8-14(18)15(19)9-13/h3-10H,1-2H3,(H2,20,21,23). The Labute approximate surface area is 154 Å². The average Bonchev–Trinajstić information content (AvgIpc) is 2.57. The highest BCUT2D eigenvalue weighted by Gasteiger charge is 2.14. The van der Waals surface area contributed by atoms with Crippen molar-refractivity contribution in [1.29, 1.82) is 0 Å². The van der Waals surface area contributed by atoms with Gasteiger partial charge in [0.05, 0.1) is 16.0 Å². The third-order valence-electron chi connectivity index (χ3n) is 3.40. The van der Waals surface area contributed by atoms with E-state index in [4.69, 9.17) is 23.2 Å². The molecule has 2 N–H and O–H groups in total. The van der Waals surface area contributed by atoms with E-state index in [0.717, 1.165) is 5.56 Å². The van der Waals surface area contributed by atoms with Crippen LogP contribution in [0.2, 0.25) is 10.0 Å². The molecule has 2 aromatic carbocycles. The number of benzene rings is 2. The van der Waals surface area contributed by atoms with E-state index in [1.807, 2.05) is 19.1 Å². The van der Waals surface area contributed by atoms with Crippen LogP contribution in [0.25, 0.3) is 0 Å². The van der Waals surface area contributed by atoms with Crippen LogP contribution in [-0.4, -0.2) is 17.4 Å². The summed E-state index contributed by atoms with van der Waals surface area (Å²) in [6.07, 6.45) is 1.77. The van der Waals surface area contributed by atoms with E-state index >= 15 is 0 Å². The fraction of sp³-hybridized carbons (Fsp3) is 0.176. The van der Waals surface area contributed by atoms with Gasteiger partial charge < -0.3 is 10.6 Å². The lowest BCUT2D eigenvalue weighted by Gasteiger charge is -2.11. The molecular weight excluding hydrogens is 367 g/mol. The molecule has 0 saturated heterocycles. The monoisotopic (exact) mass is 382 g/mol. The molecule has 24 heavy (non-hydrogen) atoms. The van der Waals surface area contributed by atoms with E-state index in [1.165, 1.54) is 11.8 Å². The molecule has 2 aromatic rings. The molecule has 0 saturated carbocycles. The summed E-state index contributed by atoms with van der Waals surface area (Å²) in [6, 6.07) is 11.6. The van der Waals surface area contributed by atoms with Crippen LogP contribution >= 0.6 is 35.0 Å². The highest BCUT2D eigenvalue weighted by molar-refractivity contribution is 8.13. The van der Waals surface area contributed by atoms with Crippen LogP contribution in [0.3, 0.4) is 0 Å². The first-order chi connectivity index (χ1) is 11.4. The van der Waals surface area contributed by atoms with Crippen molar-refractivity contribution in [2.24, 2.45) is 0 Å². The zero-order valence-electron chi connectivity index (χ0n) is 13.1. The van der Waals surface area contributed by atoms with Gasteiger partial charge in [-0.2, -0.15) is 0 Å². The van der Waals surface area contributed by atoms with Crippen molar-refractivity contribution in [1.82, 2.24) is 0 Å².